The van der Waals surface area contributed by atoms with Crippen LogP contribution in [0.5, 0.6) is 0 Å². The van der Waals surface area contributed by atoms with Crippen molar-refractivity contribution < 1.29 is 23.1 Å². The summed E-state index contributed by atoms with van der Waals surface area (Å²) in [5.41, 5.74) is 0.932. The minimum atomic E-state index is -3.38. The summed E-state index contributed by atoms with van der Waals surface area (Å²) in [6.07, 6.45) is 1.47. The van der Waals surface area contributed by atoms with Gasteiger partial charge >= 0.3 is 5.97 Å². The Kier molecular flexibility index (Phi) is 4.97. The summed E-state index contributed by atoms with van der Waals surface area (Å²) in [6, 6.07) is 6.19. The van der Waals surface area contributed by atoms with Gasteiger partial charge in [-0.2, -0.15) is 0 Å². The predicted molar refractivity (Wildman–Crippen MR) is 77.6 cm³/mol. The lowest BCUT2D eigenvalue weighted by Gasteiger charge is -2.19. The molecule has 1 atom stereocenters. The molecule has 1 aliphatic rings. The van der Waals surface area contributed by atoms with Crippen molar-refractivity contribution in [2.75, 3.05) is 19.4 Å². The minimum absolute atomic E-state index is 0.00326. The van der Waals surface area contributed by atoms with Crippen molar-refractivity contribution in [3.05, 3.63) is 35.4 Å². The number of aromatic carboxylic acids is 1. The summed E-state index contributed by atoms with van der Waals surface area (Å²) in [4.78, 5) is 10.8. The van der Waals surface area contributed by atoms with E-state index in [2.05, 4.69) is 0 Å². The number of ether oxygens (including phenoxy) is 1. The molecule has 0 aliphatic carbocycles. The topological polar surface area (TPSA) is 83.9 Å². The van der Waals surface area contributed by atoms with Gasteiger partial charge in [-0.25, -0.2) is 17.5 Å². The van der Waals surface area contributed by atoms with Crippen molar-refractivity contribution in [1.29, 1.82) is 0 Å². The zero-order valence-corrected chi connectivity index (χ0v) is 12.7. The number of nitrogens with zero attached hydrogens (tertiary/aromatic N) is 1. The zero-order chi connectivity index (χ0) is 15.5. The van der Waals surface area contributed by atoms with Gasteiger partial charge in [-0.3, -0.25) is 0 Å². The minimum Gasteiger partial charge on any atom is -0.478 e. The molecule has 0 amide bonds. The fraction of sp³-hybridized carbons (Fsp3) is 0.500. The highest BCUT2D eigenvalue weighted by Crippen LogP contribution is 2.17. The Balaban J connectivity index is 1.98. The van der Waals surface area contributed by atoms with Crippen molar-refractivity contribution in [2.24, 2.45) is 0 Å². The van der Waals surface area contributed by atoms with E-state index in [1.807, 2.05) is 0 Å². The van der Waals surface area contributed by atoms with Gasteiger partial charge in [0.1, 0.15) is 0 Å². The molecule has 1 N–H and O–H groups in total. The van der Waals surface area contributed by atoms with Crippen molar-refractivity contribution >= 4 is 16.0 Å². The molecule has 21 heavy (non-hydrogen) atoms. The molecule has 1 aliphatic heterocycles. The highest BCUT2D eigenvalue weighted by molar-refractivity contribution is 7.89. The molecule has 0 bridgehead atoms. The van der Waals surface area contributed by atoms with Gasteiger partial charge in [0.15, 0.2) is 0 Å². The Bertz CT molecular complexity index is 590. The number of sulfonamides is 1. The van der Waals surface area contributed by atoms with E-state index >= 15 is 0 Å². The average Bonchev–Trinajstić information content (AvgIpc) is 2.91. The summed E-state index contributed by atoms with van der Waals surface area (Å²) < 4.78 is 31.1. The van der Waals surface area contributed by atoms with E-state index in [0.717, 1.165) is 18.4 Å². The molecule has 1 heterocycles. The SMILES string of the molecule is CN(Cc1ccc(C(=O)O)cc1)S(=O)(=O)CC1CCCO1. The Morgan fingerprint density at radius 1 is 1.38 bits per heavy atom. The molecule has 0 spiro atoms. The molecule has 1 aromatic rings. The van der Waals surface area contributed by atoms with Crippen molar-refractivity contribution in [3.63, 3.8) is 0 Å². The molecular weight excluding hydrogens is 294 g/mol. The lowest BCUT2D eigenvalue weighted by molar-refractivity contribution is 0.0697. The van der Waals surface area contributed by atoms with E-state index in [0.29, 0.717) is 6.61 Å². The summed E-state index contributed by atoms with van der Waals surface area (Å²) in [6.45, 7) is 0.843. The molecular formula is C14H19NO5S. The lowest BCUT2D eigenvalue weighted by Crippen LogP contribution is -2.33. The van der Waals surface area contributed by atoms with Crippen molar-refractivity contribution in [2.45, 2.75) is 25.5 Å². The number of hydrogen-bond donors (Lipinski definition) is 1. The van der Waals surface area contributed by atoms with E-state index in [1.54, 1.807) is 12.1 Å². The summed E-state index contributed by atoms with van der Waals surface area (Å²) >= 11 is 0. The van der Waals surface area contributed by atoms with Crippen LogP contribution in [-0.4, -0.2) is 49.3 Å². The Hall–Kier alpha value is -1.44. The van der Waals surface area contributed by atoms with Gasteiger partial charge in [-0.05, 0) is 30.5 Å². The summed E-state index contributed by atoms with van der Waals surface area (Å²) in [7, 11) is -1.85. The third-order valence-corrected chi connectivity index (χ3v) is 5.37. The van der Waals surface area contributed by atoms with E-state index in [1.165, 1.54) is 23.5 Å². The normalized spacial score (nSPS) is 19.0. The van der Waals surface area contributed by atoms with Crippen LogP contribution in [0.15, 0.2) is 24.3 Å². The molecule has 0 radical (unpaired) electrons. The van der Waals surface area contributed by atoms with E-state index in [9.17, 15) is 13.2 Å². The van der Waals surface area contributed by atoms with Crippen molar-refractivity contribution in [3.8, 4) is 0 Å². The fourth-order valence-corrected chi connectivity index (χ4v) is 3.58. The van der Waals surface area contributed by atoms with E-state index < -0.39 is 16.0 Å². The van der Waals surface area contributed by atoms with Gasteiger partial charge in [-0.1, -0.05) is 12.1 Å². The number of carbonyl (C=O) groups is 1. The third kappa shape index (κ3) is 4.26. The number of carboxylic acids is 1. The Morgan fingerprint density at radius 2 is 2.05 bits per heavy atom. The van der Waals surface area contributed by atoms with E-state index in [4.69, 9.17) is 9.84 Å². The molecule has 1 unspecified atom stereocenters. The number of benzene rings is 1. The lowest BCUT2D eigenvalue weighted by atomic mass is 10.1. The molecule has 1 fully saturated rings. The van der Waals surface area contributed by atoms with Crippen LogP contribution in [0.3, 0.4) is 0 Å². The van der Waals surface area contributed by atoms with Crippen LogP contribution in [0.1, 0.15) is 28.8 Å². The van der Waals surface area contributed by atoms with Crippen LogP contribution in [0.4, 0.5) is 0 Å². The highest BCUT2D eigenvalue weighted by Gasteiger charge is 2.26. The molecule has 116 valence electrons. The molecule has 6 nitrogen and oxygen atoms in total. The number of rotatable bonds is 6. The molecule has 0 aromatic heterocycles. The van der Waals surface area contributed by atoms with Crippen LogP contribution in [0.2, 0.25) is 0 Å². The molecule has 7 heteroatoms. The van der Waals surface area contributed by atoms with Gasteiger partial charge in [0, 0.05) is 20.2 Å². The summed E-state index contributed by atoms with van der Waals surface area (Å²) in [5.74, 6) is -1.00. The monoisotopic (exact) mass is 313 g/mol. The standard InChI is InChI=1S/C14H19NO5S/c1-15(21(18,19)10-13-3-2-8-20-13)9-11-4-6-12(7-5-11)14(16)17/h4-7,13H,2-3,8-10H2,1H3,(H,16,17). The maximum absolute atomic E-state index is 12.2. The van der Waals surface area contributed by atoms with Crippen LogP contribution in [-0.2, 0) is 21.3 Å². The fourth-order valence-electron chi connectivity index (χ4n) is 2.25. The molecule has 0 saturated carbocycles. The van der Waals surface area contributed by atoms with Gasteiger partial charge < -0.3 is 9.84 Å². The summed E-state index contributed by atoms with van der Waals surface area (Å²) in [5, 5.41) is 8.83. The van der Waals surface area contributed by atoms with Crippen LogP contribution in [0.25, 0.3) is 0 Å². The molecule has 1 saturated heterocycles. The highest BCUT2D eigenvalue weighted by atomic mass is 32.2. The van der Waals surface area contributed by atoms with E-state index in [-0.39, 0.29) is 24.0 Å². The smallest absolute Gasteiger partial charge is 0.335 e. The number of carboxylic acid groups (broad SMARTS) is 1. The van der Waals surface area contributed by atoms with Crippen LogP contribution < -0.4 is 0 Å². The van der Waals surface area contributed by atoms with Gasteiger partial charge in [0.2, 0.25) is 10.0 Å². The second-order valence-electron chi connectivity index (χ2n) is 5.17. The van der Waals surface area contributed by atoms with Gasteiger partial charge in [0.05, 0.1) is 17.4 Å². The van der Waals surface area contributed by atoms with Gasteiger partial charge in [0.25, 0.3) is 0 Å². The van der Waals surface area contributed by atoms with Crippen molar-refractivity contribution in [1.82, 2.24) is 4.31 Å². The largest absolute Gasteiger partial charge is 0.478 e. The Labute approximate surface area is 124 Å². The zero-order valence-electron chi connectivity index (χ0n) is 11.9. The second kappa shape index (κ2) is 6.55. The molecule has 1 aromatic carbocycles. The third-order valence-electron chi connectivity index (χ3n) is 3.50. The second-order valence-corrected chi connectivity index (χ2v) is 7.29. The number of hydrogen-bond acceptors (Lipinski definition) is 4. The quantitative estimate of drug-likeness (QED) is 0.856. The first-order chi connectivity index (χ1) is 9.88. The van der Waals surface area contributed by atoms with Crippen LogP contribution >= 0.6 is 0 Å². The first-order valence-electron chi connectivity index (χ1n) is 6.76. The maximum atomic E-state index is 12.2. The first-order valence-corrected chi connectivity index (χ1v) is 8.37. The Morgan fingerprint density at radius 3 is 2.57 bits per heavy atom. The molecule has 2 rings (SSSR count). The maximum Gasteiger partial charge on any atom is 0.335 e. The predicted octanol–water partition coefficient (Wildman–Crippen LogP) is 1.33. The van der Waals surface area contributed by atoms with Gasteiger partial charge in [-0.15, -0.1) is 0 Å². The van der Waals surface area contributed by atoms with Crippen LogP contribution in [0, 0.1) is 0 Å². The average molecular weight is 313 g/mol. The first kappa shape index (κ1) is 15.9.